The van der Waals surface area contributed by atoms with E-state index in [-0.39, 0.29) is 18.7 Å². The van der Waals surface area contributed by atoms with Gasteiger partial charge in [0.15, 0.2) is 0 Å². The van der Waals surface area contributed by atoms with Crippen LogP contribution in [-0.4, -0.2) is 49.1 Å². The fraction of sp³-hybridized carbons (Fsp3) is 0.375. The lowest BCUT2D eigenvalue weighted by molar-refractivity contribution is -0.144. The van der Waals surface area contributed by atoms with Crippen LogP contribution in [0.2, 0.25) is 0 Å². The number of amides is 2. The van der Waals surface area contributed by atoms with E-state index >= 15 is 0 Å². The van der Waals surface area contributed by atoms with Gasteiger partial charge in [-0.3, -0.25) is 4.79 Å². The summed E-state index contributed by atoms with van der Waals surface area (Å²) < 4.78 is 23.6. The van der Waals surface area contributed by atoms with E-state index in [2.05, 4.69) is 15.4 Å². The maximum atomic E-state index is 13.5. The molecule has 0 radical (unpaired) electrons. The second kappa shape index (κ2) is 8.42. The third-order valence-corrected chi connectivity index (χ3v) is 3.48. The average Bonchev–Trinajstić information content (AvgIpc) is 2.58. The summed E-state index contributed by atoms with van der Waals surface area (Å²) in [6.07, 6.45) is 1.98. The molecule has 0 aromatic heterocycles. The lowest BCUT2D eigenvalue weighted by Crippen LogP contribution is -2.50. The number of benzene rings is 1. The Morgan fingerprint density at radius 3 is 2.75 bits per heavy atom. The number of urea groups is 1. The predicted molar refractivity (Wildman–Crippen MR) is 83.9 cm³/mol. The number of hydrogen-bond acceptors (Lipinski definition) is 5. The lowest BCUT2D eigenvalue weighted by Gasteiger charge is -2.31. The summed E-state index contributed by atoms with van der Waals surface area (Å²) in [7, 11) is 1.27. The van der Waals surface area contributed by atoms with Crippen LogP contribution >= 0.6 is 0 Å². The number of carbonyl (C=O) groups excluding carboxylic acids is 2. The smallest absolute Gasteiger partial charge is 0.319 e. The highest BCUT2D eigenvalue weighted by Gasteiger charge is 2.29. The zero-order valence-electron chi connectivity index (χ0n) is 13.1. The molecule has 8 heteroatoms. The number of nitrogens with one attached hydrogen (secondary N) is 2. The van der Waals surface area contributed by atoms with E-state index in [0.717, 1.165) is 0 Å². The van der Waals surface area contributed by atoms with Gasteiger partial charge >= 0.3 is 12.0 Å². The second-order valence-corrected chi connectivity index (χ2v) is 5.16. The molecule has 1 aliphatic heterocycles. The van der Waals surface area contributed by atoms with Crippen LogP contribution in [0.1, 0.15) is 6.42 Å². The van der Waals surface area contributed by atoms with Crippen molar-refractivity contribution in [2.45, 2.75) is 24.7 Å². The van der Waals surface area contributed by atoms with E-state index in [1.165, 1.54) is 25.3 Å². The Balaban J connectivity index is 1.95. The number of anilines is 1. The molecule has 3 N–H and O–H groups in total. The van der Waals surface area contributed by atoms with E-state index in [9.17, 15) is 19.1 Å². The number of aliphatic hydroxyl groups is 1. The fourth-order valence-electron chi connectivity index (χ4n) is 2.26. The van der Waals surface area contributed by atoms with Crippen LogP contribution in [-0.2, 0) is 14.3 Å². The molecule has 130 valence electrons. The normalized spacial score (nSPS) is 22.7. The number of methoxy groups -OCH3 is 1. The molecular weight excluding hydrogens is 319 g/mol. The minimum atomic E-state index is -0.726. The Labute approximate surface area is 138 Å². The van der Waals surface area contributed by atoms with Crippen molar-refractivity contribution in [3.05, 3.63) is 42.2 Å². The van der Waals surface area contributed by atoms with Gasteiger partial charge in [0.1, 0.15) is 11.9 Å². The Morgan fingerprint density at radius 1 is 1.33 bits per heavy atom. The molecule has 1 aromatic rings. The second-order valence-electron chi connectivity index (χ2n) is 5.16. The van der Waals surface area contributed by atoms with Crippen molar-refractivity contribution in [2.24, 2.45) is 0 Å². The highest BCUT2D eigenvalue weighted by molar-refractivity contribution is 5.89. The first-order valence-electron chi connectivity index (χ1n) is 7.37. The zero-order chi connectivity index (χ0) is 17.5. The van der Waals surface area contributed by atoms with Gasteiger partial charge in [0.25, 0.3) is 0 Å². The number of para-hydroxylation sites is 1. The van der Waals surface area contributed by atoms with Crippen LogP contribution < -0.4 is 10.6 Å². The topological polar surface area (TPSA) is 96.9 Å². The maximum absolute atomic E-state index is 13.5. The molecule has 0 fully saturated rings. The van der Waals surface area contributed by atoms with E-state index in [0.29, 0.717) is 0 Å². The quantitative estimate of drug-likeness (QED) is 0.554. The molecule has 0 bridgehead atoms. The standard InChI is InChI=1S/C16H19FN2O5/c1-23-15(21)8-10-6-7-13(14(9-20)24-10)19-16(22)18-12-5-3-2-4-11(12)17/h2-7,10,13-14,20H,8-9H2,1H3,(H2,18,19,22)/t10-,13+,14-/m1/s1. The van der Waals surface area contributed by atoms with Crippen molar-refractivity contribution < 1.29 is 28.6 Å². The van der Waals surface area contributed by atoms with Crippen molar-refractivity contribution in [1.29, 1.82) is 0 Å². The summed E-state index contributed by atoms with van der Waals surface area (Å²) in [5, 5.41) is 14.4. The number of halogens is 1. The SMILES string of the molecule is COC(=O)C[C@H]1C=C[C@H](NC(=O)Nc2ccccc2F)[C@@H](CO)O1. The fourth-order valence-corrected chi connectivity index (χ4v) is 2.26. The molecule has 2 amide bonds. The molecular formula is C16H19FN2O5. The van der Waals surface area contributed by atoms with Gasteiger partial charge in [-0.2, -0.15) is 0 Å². The van der Waals surface area contributed by atoms with Gasteiger partial charge < -0.3 is 25.2 Å². The first-order chi connectivity index (χ1) is 11.5. The number of ether oxygens (including phenoxy) is 2. The molecule has 2 rings (SSSR count). The van der Waals surface area contributed by atoms with Crippen LogP contribution in [0.15, 0.2) is 36.4 Å². The van der Waals surface area contributed by atoms with Gasteiger partial charge in [0.2, 0.25) is 0 Å². The molecule has 0 spiro atoms. The third-order valence-electron chi connectivity index (χ3n) is 3.48. The van der Waals surface area contributed by atoms with E-state index < -0.39 is 36.1 Å². The summed E-state index contributed by atoms with van der Waals surface area (Å²) in [4.78, 5) is 23.2. The van der Waals surface area contributed by atoms with Crippen LogP contribution in [0, 0.1) is 5.82 Å². The summed E-state index contributed by atoms with van der Waals surface area (Å²) in [6, 6.07) is 4.51. The third kappa shape index (κ3) is 4.77. The van der Waals surface area contributed by atoms with Crippen LogP contribution in [0.3, 0.4) is 0 Å². The molecule has 1 aromatic carbocycles. The summed E-state index contributed by atoms with van der Waals surface area (Å²) in [6.45, 7) is -0.355. The summed E-state index contributed by atoms with van der Waals surface area (Å²) >= 11 is 0. The molecule has 0 aliphatic carbocycles. The number of carbonyl (C=O) groups is 2. The molecule has 1 aliphatic rings. The van der Waals surface area contributed by atoms with E-state index in [4.69, 9.17) is 4.74 Å². The zero-order valence-corrected chi connectivity index (χ0v) is 13.1. The summed E-state index contributed by atoms with van der Waals surface area (Å²) in [5.74, 6) is -0.995. The molecule has 0 saturated heterocycles. The molecule has 3 atom stereocenters. The first kappa shape index (κ1) is 17.9. The predicted octanol–water partition coefficient (Wildman–Crippen LogP) is 1.19. The van der Waals surface area contributed by atoms with Gasteiger partial charge in [-0.1, -0.05) is 24.3 Å². The summed E-state index contributed by atoms with van der Waals surface area (Å²) in [5.41, 5.74) is 0.0415. The molecule has 0 unspecified atom stereocenters. The minimum Gasteiger partial charge on any atom is -0.469 e. The Hall–Kier alpha value is -2.45. The number of rotatable bonds is 5. The van der Waals surface area contributed by atoms with Crippen molar-refractivity contribution in [2.75, 3.05) is 19.0 Å². The Morgan fingerprint density at radius 2 is 2.08 bits per heavy atom. The highest BCUT2D eigenvalue weighted by atomic mass is 19.1. The van der Waals surface area contributed by atoms with Crippen molar-refractivity contribution in [1.82, 2.24) is 5.32 Å². The van der Waals surface area contributed by atoms with Gasteiger partial charge in [-0.25, -0.2) is 9.18 Å². The average molecular weight is 338 g/mol. The van der Waals surface area contributed by atoms with Crippen LogP contribution in [0.25, 0.3) is 0 Å². The van der Waals surface area contributed by atoms with Crippen molar-refractivity contribution in [3.8, 4) is 0 Å². The van der Waals surface area contributed by atoms with E-state index in [1.807, 2.05) is 0 Å². The number of aliphatic hydroxyl groups excluding tert-OH is 1. The largest absolute Gasteiger partial charge is 0.469 e. The first-order valence-corrected chi connectivity index (χ1v) is 7.37. The highest BCUT2D eigenvalue weighted by Crippen LogP contribution is 2.17. The van der Waals surface area contributed by atoms with Crippen molar-refractivity contribution >= 4 is 17.7 Å². The molecule has 7 nitrogen and oxygen atoms in total. The monoisotopic (exact) mass is 338 g/mol. The molecule has 0 saturated carbocycles. The molecule has 24 heavy (non-hydrogen) atoms. The van der Waals surface area contributed by atoms with E-state index in [1.54, 1.807) is 18.2 Å². The van der Waals surface area contributed by atoms with Crippen molar-refractivity contribution in [3.63, 3.8) is 0 Å². The van der Waals surface area contributed by atoms with Crippen LogP contribution in [0.5, 0.6) is 0 Å². The molecule has 1 heterocycles. The maximum Gasteiger partial charge on any atom is 0.319 e. The lowest BCUT2D eigenvalue weighted by atomic mass is 10.1. The Kier molecular flexibility index (Phi) is 6.28. The van der Waals surface area contributed by atoms with Gasteiger partial charge in [0.05, 0.1) is 38.0 Å². The number of hydrogen-bond donors (Lipinski definition) is 3. The van der Waals surface area contributed by atoms with Gasteiger partial charge in [-0.05, 0) is 12.1 Å². The minimum absolute atomic E-state index is 0.0116. The van der Waals surface area contributed by atoms with Gasteiger partial charge in [0, 0.05) is 0 Å². The Bertz CT molecular complexity index is 622. The van der Waals surface area contributed by atoms with Crippen LogP contribution in [0.4, 0.5) is 14.9 Å². The number of esters is 1. The van der Waals surface area contributed by atoms with Gasteiger partial charge in [-0.15, -0.1) is 0 Å².